The predicted molar refractivity (Wildman–Crippen MR) is 126 cm³/mol. The van der Waals surface area contributed by atoms with Crippen LogP contribution >= 0.6 is 11.6 Å². The summed E-state index contributed by atoms with van der Waals surface area (Å²) in [5.41, 5.74) is 0.928. The highest BCUT2D eigenvalue weighted by Crippen LogP contribution is 2.41. The molecule has 0 aromatic heterocycles. The van der Waals surface area contributed by atoms with E-state index in [1.54, 1.807) is 24.3 Å². The molecule has 10 heteroatoms. The summed E-state index contributed by atoms with van der Waals surface area (Å²) in [6.45, 7) is 3.61. The van der Waals surface area contributed by atoms with Gasteiger partial charge in [0.2, 0.25) is 15.9 Å². The molecule has 0 bridgehead atoms. The molecule has 0 saturated heterocycles. The van der Waals surface area contributed by atoms with Crippen LogP contribution in [0.15, 0.2) is 66.1 Å². The first-order valence-electron chi connectivity index (χ1n) is 10.1. The van der Waals surface area contributed by atoms with Crippen molar-refractivity contribution < 1.29 is 21.6 Å². The molecule has 32 heavy (non-hydrogen) atoms. The molecule has 1 aliphatic carbocycles. The molecule has 1 fully saturated rings. The quantitative estimate of drug-likeness (QED) is 0.515. The molecular weight excluding hydrogens is 472 g/mol. The van der Waals surface area contributed by atoms with Crippen molar-refractivity contribution in [1.29, 1.82) is 0 Å². The maximum absolute atomic E-state index is 13.4. The van der Waals surface area contributed by atoms with Gasteiger partial charge in [-0.2, -0.15) is 0 Å². The van der Waals surface area contributed by atoms with Crippen LogP contribution in [-0.4, -0.2) is 34.0 Å². The van der Waals surface area contributed by atoms with Crippen molar-refractivity contribution in [2.45, 2.75) is 41.1 Å². The summed E-state index contributed by atoms with van der Waals surface area (Å²) in [6.07, 6.45) is 3.18. The first kappa shape index (κ1) is 24.4. The van der Waals surface area contributed by atoms with E-state index in [9.17, 15) is 21.6 Å². The van der Waals surface area contributed by atoms with E-state index in [1.807, 2.05) is 0 Å². The van der Waals surface area contributed by atoms with Crippen molar-refractivity contribution in [2.24, 2.45) is 0 Å². The number of sulfone groups is 1. The molecule has 0 atom stereocenters. The molecule has 3 rings (SSSR count). The second-order valence-corrected chi connectivity index (χ2v) is 12.2. The van der Waals surface area contributed by atoms with E-state index in [0.29, 0.717) is 29.1 Å². The summed E-state index contributed by atoms with van der Waals surface area (Å²) < 4.78 is 51.7. The molecule has 0 unspecified atom stereocenters. The molecule has 1 saturated carbocycles. The summed E-state index contributed by atoms with van der Waals surface area (Å²) in [7, 11) is -7.45. The van der Waals surface area contributed by atoms with Crippen LogP contribution in [0.2, 0.25) is 5.02 Å². The Labute approximate surface area is 193 Å². The Balaban J connectivity index is 1.80. The van der Waals surface area contributed by atoms with Crippen molar-refractivity contribution in [3.63, 3.8) is 0 Å². The van der Waals surface area contributed by atoms with Crippen LogP contribution in [0.4, 0.5) is 5.69 Å². The topological polar surface area (TPSA) is 109 Å². The average molecular weight is 497 g/mol. The number of nitrogens with one attached hydrogen (secondary N) is 2. The fourth-order valence-corrected chi connectivity index (χ4v) is 7.09. The number of halogens is 1. The highest BCUT2D eigenvalue weighted by atomic mass is 35.5. The number of amides is 1. The maximum atomic E-state index is 13.4. The van der Waals surface area contributed by atoms with E-state index in [0.717, 1.165) is 0 Å². The first-order valence-corrected chi connectivity index (χ1v) is 13.6. The van der Waals surface area contributed by atoms with Crippen LogP contribution in [0.25, 0.3) is 0 Å². The number of carbonyl (C=O) groups excluding carboxylic acids is 1. The molecule has 0 radical (unpaired) electrons. The summed E-state index contributed by atoms with van der Waals surface area (Å²) in [6, 6.07) is 12.1. The van der Waals surface area contributed by atoms with Crippen LogP contribution < -0.4 is 10.0 Å². The van der Waals surface area contributed by atoms with Crippen molar-refractivity contribution in [3.8, 4) is 0 Å². The largest absolute Gasteiger partial charge is 0.325 e. The molecule has 1 aliphatic rings. The number of hydrogen-bond donors (Lipinski definition) is 2. The summed E-state index contributed by atoms with van der Waals surface area (Å²) >= 11 is 5.88. The number of hydrogen-bond acceptors (Lipinski definition) is 5. The minimum Gasteiger partial charge on any atom is -0.325 e. The molecule has 2 N–H and O–H groups in total. The lowest BCUT2D eigenvalue weighted by Gasteiger charge is -2.27. The Bertz CT molecular complexity index is 1190. The molecule has 2 aromatic rings. The van der Waals surface area contributed by atoms with Gasteiger partial charge >= 0.3 is 0 Å². The third kappa shape index (κ3) is 5.23. The fraction of sp³-hybridized carbons (Fsp3) is 0.318. The smallest absolute Gasteiger partial charge is 0.246 e. The lowest BCUT2D eigenvalue weighted by atomic mass is 10.1. The van der Waals surface area contributed by atoms with Crippen LogP contribution in [0.5, 0.6) is 0 Å². The third-order valence-corrected chi connectivity index (χ3v) is 9.57. The van der Waals surface area contributed by atoms with Gasteiger partial charge in [0.15, 0.2) is 14.6 Å². The molecule has 172 valence electrons. The van der Waals surface area contributed by atoms with Crippen LogP contribution in [-0.2, 0) is 30.4 Å². The van der Waals surface area contributed by atoms with E-state index >= 15 is 0 Å². The highest BCUT2D eigenvalue weighted by molar-refractivity contribution is 7.93. The van der Waals surface area contributed by atoms with Crippen LogP contribution in [0.3, 0.4) is 0 Å². The molecule has 0 aliphatic heterocycles. The highest BCUT2D eigenvalue weighted by Gasteiger charge is 2.52. The van der Waals surface area contributed by atoms with E-state index < -0.39 is 30.5 Å². The van der Waals surface area contributed by atoms with Gasteiger partial charge in [-0.05, 0) is 54.8 Å². The van der Waals surface area contributed by atoms with Crippen molar-refractivity contribution in [2.75, 3.05) is 11.9 Å². The normalized spacial score (nSPS) is 15.9. The summed E-state index contributed by atoms with van der Waals surface area (Å²) in [4.78, 5) is 13.3. The zero-order valence-corrected chi connectivity index (χ0v) is 19.8. The van der Waals surface area contributed by atoms with Gasteiger partial charge in [0.05, 0.1) is 10.6 Å². The SMILES string of the molecule is C=CCNS(=O)(=O)Cc1ccc(NC(=O)C2(S(=O)(=O)c3ccc(Cl)cc3)CCCC2)cc1. The van der Waals surface area contributed by atoms with Gasteiger partial charge in [-0.1, -0.05) is 42.7 Å². The Hall–Kier alpha value is -2.20. The van der Waals surface area contributed by atoms with E-state index in [-0.39, 0.29) is 30.0 Å². The van der Waals surface area contributed by atoms with Crippen molar-refractivity contribution >= 4 is 43.1 Å². The number of benzene rings is 2. The molecular formula is C22H25ClN2O5S2. The monoisotopic (exact) mass is 496 g/mol. The van der Waals surface area contributed by atoms with Gasteiger partial charge < -0.3 is 5.32 Å². The molecule has 0 heterocycles. The van der Waals surface area contributed by atoms with Gasteiger partial charge in [0, 0.05) is 17.3 Å². The van der Waals surface area contributed by atoms with Gasteiger partial charge in [-0.25, -0.2) is 21.6 Å². The van der Waals surface area contributed by atoms with Gasteiger partial charge in [-0.15, -0.1) is 6.58 Å². The Kier molecular flexibility index (Phi) is 7.44. The lowest BCUT2D eigenvalue weighted by molar-refractivity contribution is -0.118. The van der Waals surface area contributed by atoms with Gasteiger partial charge in [0.25, 0.3) is 0 Å². The zero-order valence-electron chi connectivity index (χ0n) is 17.4. The number of rotatable bonds is 9. The molecule has 1 amide bonds. The number of carbonyl (C=O) groups is 1. The minimum atomic E-state index is -3.94. The molecule has 7 nitrogen and oxygen atoms in total. The minimum absolute atomic E-state index is 0.0616. The molecule has 2 aromatic carbocycles. The van der Waals surface area contributed by atoms with Gasteiger partial charge in [-0.3, -0.25) is 4.79 Å². The second-order valence-electron chi connectivity index (χ2n) is 7.71. The van der Waals surface area contributed by atoms with Crippen LogP contribution in [0, 0.1) is 0 Å². The van der Waals surface area contributed by atoms with Gasteiger partial charge in [0.1, 0.15) is 0 Å². The number of anilines is 1. The van der Waals surface area contributed by atoms with Crippen molar-refractivity contribution in [1.82, 2.24) is 4.72 Å². The van der Waals surface area contributed by atoms with Crippen LogP contribution in [0.1, 0.15) is 31.2 Å². The second kappa shape index (κ2) is 9.74. The third-order valence-electron chi connectivity index (χ3n) is 5.48. The number of sulfonamides is 1. The first-order chi connectivity index (χ1) is 15.1. The van der Waals surface area contributed by atoms with E-state index in [4.69, 9.17) is 11.6 Å². The lowest BCUT2D eigenvalue weighted by Crippen LogP contribution is -2.47. The van der Waals surface area contributed by atoms with E-state index in [2.05, 4.69) is 16.6 Å². The summed E-state index contributed by atoms with van der Waals surface area (Å²) in [5.74, 6) is -0.804. The predicted octanol–water partition coefficient (Wildman–Crippen LogP) is 3.67. The average Bonchev–Trinajstić information content (AvgIpc) is 3.26. The summed E-state index contributed by atoms with van der Waals surface area (Å²) in [5, 5.41) is 3.13. The standard InChI is InChI=1S/C22H25ClN2O5S2/c1-2-15-24-31(27,28)16-17-5-9-19(10-6-17)25-21(26)22(13-3-4-14-22)32(29,30)20-11-7-18(23)8-12-20/h2,5-12,24H,1,3-4,13-16H2,(H,25,26). The zero-order chi connectivity index (χ0) is 23.4. The molecule has 0 spiro atoms. The fourth-order valence-electron chi connectivity index (χ4n) is 3.79. The Morgan fingerprint density at radius 3 is 2.16 bits per heavy atom. The Morgan fingerprint density at radius 1 is 1.00 bits per heavy atom. The van der Waals surface area contributed by atoms with E-state index in [1.165, 1.54) is 30.3 Å². The maximum Gasteiger partial charge on any atom is 0.246 e. The Morgan fingerprint density at radius 2 is 1.59 bits per heavy atom. The van der Waals surface area contributed by atoms with Crippen molar-refractivity contribution in [3.05, 3.63) is 71.8 Å².